The fourth-order valence-corrected chi connectivity index (χ4v) is 1.62. The van der Waals surface area contributed by atoms with Crippen molar-refractivity contribution in [2.75, 3.05) is 42.7 Å². The summed E-state index contributed by atoms with van der Waals surface area (Å²) < 4.78 is 0. The summed E-state index contributed by atoms with van der Waals surface area (Å²) in [5.41, 5.74) is -0.733. The first-order valence-corrected chi connectivity index (χ1v) is 7.07. The fourth-order valence-electron chi connectivity index (χ4n) is 1.62. The molecule has 0 spiro atoms. The lowest BCUT2D eigenvalue weighted by atomic mass is 9.98. The van der Waals surface area contributed by atoms with Gasteiger partial charge in [-0.25, -0.2) is 0 Å². The van der Waals surface area contributed by atoms with E-state index in [1.165, 1.54) is 0 Å². The largest absolute Gasteiger partial charge is 0.388 e. The van der Waals surface area contributed by atoms with Crippen molar-refractivity contribution in [1.82, 2.24) is 15.0 Å². The first-order chi connectivity index (χ1) is 9.44. The van der Waals surface area contributed by atoms with Crippen molar-refractivity contribution in [3.63, 3.8) is 0 Å². The molecule has 20 heavy (non-hydrogen) atoms. The highest BCUT2D eigenvalue weighted by Crippen LogP contribution is 2.16. The van der Waals surface area contributed by atoms with Gasteiger partial charge in [0.05, 0.1) is 5.60 Å². The molecule has 1 aromatic rings. The van der Waals surface area contributed by atoms with E-state index >= 15 is 0 Å². The summed E-state index contributed by atoms with van der Waals surface area (Å²) in [4.78, 5) is 14.7. The molecule has 0 atom stereocenters. The van der Waals surface area contributed by atoms with Crippen molar-refractivity contribution in [3.05, 3.63) is 0 Å². The van der Waals surface area contributed by atoms with E-state index in [2.05, 4.69) is 25.6 Å². The first kappa shape index (κ1) is 16.4. The normalized spacial score (nSPS) is 11.3. The molecular weight excluding hydrogens is 256 g/mol. The molecule has 0 aliphatic carbocycles. The highest BCUT2D eigenvalue weighted by molar-refractivity contribution is 5.43. The average molecular weight is 282 g/mol. The minimum Gasteiger partial charge on any atom is -0.388 e. The molecule has 1 rings (SSSR count). The number of hydrogen-bond acceptors (Lipinski definition) is 7. The predicted octanol–water partition coefficient (Wildman–Crippen LogP) is 1.33. The van der Waals surface area contributed by atoms with Crippen LogP contribution in [0.3, 0.4) is 0 Å². The molecule has 7 nitrogen and oxygen atoms in total. The second kappa shape index (κ2) is 7.23. The minimum absolute atomic E-state index is 0.419. The third kappa shape index (κ3) is 4.48. The molecule has 114 valence electrons. The van der Waals surface area contributed by atoms with Gasteiger partial charge in [0, 0.05) is 27.2 Å². The third-order valence-electron chi connectivity index (χ3n) is 3.25. The van der Waals surface area contributed by atoms with Crippen molar-refractivity contribution >= 4 is 17.8 Å². The maximum absolute atomic E-state index is 10.3. The van der Waals surface area contributed by atoms with Gasteiger partial charge in [-0.2, -0.15) is 15.0 Å². The number of aromatic nitrogens is 3. The van der Waals surface area contributed by atoms with Crippen molar-refractivity contribution in [3.8, 4) is 0 Å². The molecule has 0 saturated carbocycles. The molecule has 0 unspecified atom stereocenters. The van der Waals surface area contributed by atoms with Crippen LogP contribution < -0.4 is 15.5 Å². The Balaban J connectivity index is 2.88. The number of aliphatic hydroxyl groups is 1. The SMILES string of the molecule is CCNc1nc(NCC(O)(CC)CC)nc(N(C)C)n1. The van der Waals surface area contributed by atoms with Crippen LogP contribution in [0.4, 0.5) is 17.8 Å². The molecule has 0 radical (unpaired) electrons. The van der Waals surface area contributed by atoms with Gasteiger partial charge in [-0.15, -0.1) is 0 Å². The van der Waals surface area contributed by atoms with Crippen LogP contribution >= 0.6 is 0 Å². The zero-order valence-electron chi connectivity index (χ0n) is 13.1. The third-order valence-corrected chi connectivity index (χ3v) is 3.25. The molecule has 0 aliphatic rings. The lowest BCUT2D eigenvalue weighted by Crippen LogP contribution is -2.36. The van der Waals surface area contributed by atoms with Crippen LogP contribution in [-0.2, 0) is 0 Å². The zero-order valence-corrected chi connectivity index (χ0v) is 13.1. The molecule has 0 fully saturated rings. The Hall–Kier alpha value is -1.63. The van der Waals surface area contributed by atoms with Crippen LogP contribution in [0.25, 0.3) is 0 Å². The Morgan fingerprint density at radius 2 is 1.55 bits per heavy atom. The number of nitrogens with one attached hydrogen (secondary N) is 2. The van der Waals surface area contributed by atoms with Crippen molar-refractivity contribution in [2.45, 2.75) is 39.2 Å². The lowest BCUT2D eigenvalue weighted by molar-refractivity contribution is 0.0455. The molecule has 0 saturated heterocycles. The summed E-state index contributed by atoms with van der Waals surface area (Å²) >= 11 is 0. The van der Waals surface area contributed by atoms with Crippen LogP contribution in [0.2, 0.25) is 0 Å². The summed E-state index contributed by atoms with van der Waals surface area (Å²) in [6.07, 6.45) is 1.37. The molecule has 0 aromatic carbocycles. The van der Waals surface area contributed by atoms with E-state index in [1.54, 1.807) is 0 Å². The number of nitrogens with zero attached hydrogens (tertiary/aromatic N) is 4. The van der Waals surface area contributed by atoms with Crippen LogP contribution in [0.5, 0.6) is 0 Å². The molecule has 1 heterocycles. The minimum atomic E-state index is -0.733. The predicted molar refractivity (Wildman–Crippen MR) is 82.3 cm³/mol. The number of hydrogen-bond donors (Lipinski definition) is 3. The van der Waals surface area contributed by atoms with Gasteiger partial charge in [-0.1, -0.05) is 13.8 Å². The van der Waals surface area contributed by atoms with Gasteiger partial charge in [-0.3, -0.25) is 0 Å². The van der Waals surface area contributed by atoms with Crippen LogP contribution in [0.1, 0.15) is 33.6 Å². The summed E-state index contributed by atoms with van der Waals surface area (Å²) in [6.45, 7) is 7.08. The highest BCUT2D eigenvalue weighted by atomic mass is 16.3. The van der Waals surface area contributed by atoms with E-state index in [0.717, 1.165) is 6.54 Å². The van der Waals surface area contributed by atoms with E-state index in [-0.39, 0.29) is 0 Å². The fraction of sp³-hybridized carbons (Fsp3) is 0.769. The molecular formula is C13H26N6O. The average Bonchev–Trinajstić information content (AvgIpc) is 2.45. The monoisotopic (exact) mass is 282 g/mol. The molecule has 1 aromatic heterocycles. The molecule has 3 N–H and O–H groups in total. The van der Waals surface area contributed by atoms with Crippen LogP contribution in [0, 0.1) is 0 Å². The lowest BCUT2D eigenvalue weighted by Gasteiger charge is -2.25. The van der Waals surface area contributed by atoms with E-state index < -0.39 is 5.60 Å². The summed E-state index contributed by atoms with van der Waals surface area (Å²) in [7, 11) is 3.76. The van der Waals surface area contributed by atoms with Gasteiger partial charge >= 0.3 is 0 Å². The molecule has 0 bridgehead atoms. The topological polar surface area (TPSA) is 86.2 Å². The Kier molecular flexibility index (Phi) is 5.94. The van der Waals surface area contributed by atoms with E-state index in [0.29, 0.717) is 37.2 Å². The summed E-state index contributed by atoms with van der Waals surface area (Å²) in [5.74, 6) is 1.58. The summed E-state index contributed by atoms with van der Waals surface area (Å²) in [6, 6.07) is 0. The smallest absolute Gasteiger partial charge is 0.231 e. The van der Waals surface area contributed by atoms with E-state index in [4.69, 9.17) is 0 Å². The summed E-state index contributed by atoms with van der Waals surface area (Å²) in [5, 5.41) is 16.5. The maximum Gasteiger partial charge on any atom is 0.231 e. The maximum atomic E-state index is 10.3. The highest BCUT2D eigenvalue weighted by Gasteiger charge is 2.22. The van der Waals surface area contributed by atoms with Gasteiger partial charge in [0.1, 0.15) is 0 Å². The Morgan fingerprint density at radius 1 is 1.00 bits per heavy atom. The second-order valence-corrected chi connectivity index (χ2v) is 4.99. The first-order valence-electron chi connectivity index (χ1n) is 7.07. The van der Waals surface area contributed by atoms with Gasteiger partial charge < -0.3 is 20.6 Å². The van der Waals surface area contributed by atoms with Crippen LogP contribution in [0.15, 0.2) is 0 Å². The van der Waals surface area contributed by atoms with Crippen molar-refractivity contribution < 1.29 is 5.11 Å². The van der Waals surface area contributed by atoms with Crippen molar-refractivity contribution in [2.24, 2.45) is 0 Å². The van der Waals surface area contributed by atoms with Crippen LogP contribution in [-0.4, -0.2) is 52.8 Å². The van der Waals surface area contributed by atoms with Gasteiger partial charge in [0.25, 0.3) is 0 Å². The standard InChI is InChI=1S/C13H26N6O/c1-6-13(20,7-2)9-15-11-16-10(14-8-3)17-12(18-11)19(4)5/h20H,6-9H2,1-5H3,(H2,14,15,16,17,18). The van der Waals surface area contributed by atoms with Gasteiger partial charge in [0.2, 0.25) is 17.8 Å². The Bertz CT molecular complexity index is 419. The van der Waals surface area contributed by atoms with Gasteiger partial charge in [0.15, 0.2) is 0 Å². The van der Waals surface area contributed by atoms with Gasteiger partial charge in [-0.05, 0) is 19.8 Å². The second-order valence-electron chi connectivity index (χ2n) is 4.99. The van der Waals surface area contributed by atoms with Crippen molar-refractivity contribution in [1.29, 1.82) is 0 Å². The van der Waals surface area contributed by atoms with E-state index in [1.807, 2.05) is 39.8 Å². The number of anilines is 3. The molecule has 7 heteroatoms. The Labute approximate surface area is 120 Å². The molecule has 0 amide bonds. The zero-order chi connectivity index (χ0) is 15.2. The molecule has 0 aliphatic heterocycles. The Morgan fingerprint density at radius 3 is 2.00 bits per heavy atom. The number of rotatable bonds is 8. The van der Waals surface area contributed by atoms with E-state index in [9.17, 15) is 5.11 Å². The quantitative estimate of drug-likeness (QED) is 0.663.